The lowest BCUT2D eigenvalue weighted by Crippen LogP contribution is -2.33. The number of carbonyl (C=O) groups excluding carboxylic acids is 6. The number of rotatable bonds is 6. The Morgan fingerprint density at radius 1 is 0.396 bits per heavy atom. The van der Waals surface area contributed by atoms with Crippen LogP contribution in [0.25, 0.3) is 0 Å². The van der Waals surface area contributed by atoms with Crippen LogP contribution in [0.15, 0.2) is 54.6 Å². The Morgan fingerprint density at radius 3 is 0.896 bits per heavy atom. The molecule has 240 valence electrons. The molecule has 0 aliphatic carbocycles. The summed E-state index contributed by atoms with van der Waals surface area (Å²) in [6.07, 6.45) is 0. The zero-order valence-electron chi connectivity index (χ0n) is 27.6. The fourth-order valence-corrected chi connectivity index (χ4v) is 7.29. The third-order valence-corrected chi connectivity index (χ3v) is 10.0. The van der Waals surface area contributed by atoms with Crippen molar-refractivity contribution in [3.8, 4) is 0 Å². The Morgan fingerprint density at radius 2 is 0.646 bits per heavy atom. The van der Waals surface area contributed by atoms with Crippen LogP contribution in [-0.4, -0.2) is 35.1 Å². The highest BCUT2D eigenvalue weighted by molar-refractivity contribution is 6.53. The van der Waals surface area contributed by atoms with E-state index in [9.17, 15) is 28.8 Å². The molecule has 3 aliphatic rings. The van der Waals surface area contributed by atoms with E-state index in [1.54, 1.807) is 36.4 Å². The van der Waals surface area contributed by atoms with Gasteiger partial charge in [-0.05, 0) is 111 Å². The summed E-state index contributed by atoms with van der Waals surface area (Å²) in [7, 11) is 0. The van der Waals surface area contributed by atoms with Crippen molar-refractivity contribution in [3.63, 3.8) is 0 Å². The van der Waals surface area contributed by atoms with E-state index in [0.29, 0.717) is 33.8 Å². The van der Waals surface area contributed by atoms with Crippen LogP contribution in [-0.2, 0) is 34.0 Å². The van der Waals surface area contributed by atoms with Gasteiger partial charge in [-0.1, -0.05) is 34.9 Å². The van der Waals surface area contributed by atoms with Crippen molar-refractivity contribution in [2.45, 2.75) is 61.2 Å². The number of anilines is 3. The van der Waals surface area contributed by atoms with Gasteiger partial charge >= 0.3 is 0 Å². The van der Waals surface area contributed by atoms with Gasteiger partial charge in [-0.2, -0.15) is 0 Å². The maximum atomic E-state index is 13.4. The smallest absolute Gasteiger partial charge is 0.299 e. The van der Waals surface area contributed by atoms with Crippen molar-refractivity contribution in [3.05, 3.63) is 121 Å². The number of fused-ring (bicyclic) bond motifs is 3. The molecule has 7 rings (SSSR count). The minimum Gasteiger partial charge on any atom is -0.300 e. The van der Waals surface area contributed by atoms with Crippen LogP contribution in [0.1, 0.15) is 81.1 Å². The molecule has 9 nitrogen and oxygen atoms in total. The number of Topliss-reactive ketones (excluding diaryl/α,β-unsaturated/α-hetero) is 3. The highest BCUT2D eigenvalue weighted by atomic mass is 16.2. The van der Waals surface area contributed by atoms with Gasteiger partial charge in [-0.25, -0.2) is 0 Å². The summed E-state index contributed by atoms with van der Waals surface area (Å²) < 4.78 is 0. The number of carbonyl (C=O) groups is 6. The van der Waals surface area contributed by atoms with Crippen LogP contribution in [0.2, 0.25) is 0 Å². The second-order valence-corrected chi connectivity index (χ2v) is 13.0. The molecule has 0 N–H and O–H groups in total. The molecule has 0 saturated carbocycles. The van der Waals surface area contributed by atoms with Gasteiger partial charge in [0.1, 0.15) is 0 Å². The monoisotopic (exact) mass is 639 g/mol. The fourth-order valence-electron chi connectivity index (χ4n) is 7.29. The van der Waals surface area contributed by atoms with Crippen LogP contribution in [0.5, 0.6) is 0 Å². The van der Waals surface area contributed by atoms with E-state index in [-0.39, 0.29) is 19.6 Å². The van der Waals surface area contributed by atoms with Crippen molar-refractivity contribution in [2.24, 2.45) is 0 Å². The van der Waals surface area contributed by atoms with Crippen molar-refractivity contribution in [1.82, 2.24) is 0 Å². The largest absolute Gasteiger partial charge is 0.300 e. The molecule has 0 bridgehead atoms. The molecule has 9 heteroatoms. The van der Waals surface area contributed by atoms with Crippen molar-refractivity contribution < 1.29 is 28.8 Å². The second-order valence-electron chi connectivity index (χ2n) is 13.0. The SMILES string of the molecule is Cc1ccc2c(c1)C(=O)C(=O)N2Cc1c(C)c(CN2C(=O)C(=O)c3cc(C)ccc32)c(C)c(CN2C(=O)C(=O)c3cc(C)ccc32)c1C. The van der Waals surface area contributed by atoms with Crippen LogP contribution >= 0.6 is 0 Å². The van der Waals surface area contributed by atoms with E-state index < -0.39 is 35.1 Å². The van der Waals surface area contributed by atoms with Crippen LogP contribution in [0.3, 0.4) is 0 Å². The molecule has 0 spiro atoms. The molecule has 0 unspecified atom stereocenters. The Balaban J connectivity index is 1.38. The van der Waals surface area contributed by atoms with Crippen LogP contribution in [0, 0.1) is 41.5 Å². The lowest BCUT2D eigenvalue weighted by atomic mass is 9.87. The molecule has 0 atom stereocenters. The zero-order valence-corrected chi connectivity index (χ0v) is 27.6. The first kappa shape index (κ1) is 30.9. The number of ketones is 3. The maximum Gasteiger partial charge on any atom is 0.299 e. The number of aryl methyl sites for hydroxylation is 3. The molecule has 48 heavy (non-hydrogen) atoms. The van der Waals surface area contributed by atoms with E-state index in [2.05, 4.69) is 0 Å². The average Bonchev–Trinajstić information content (AvgIpc) is 3.54. The first-order chi connectivity index (χ1) is 22.8. The molecule has 3 heterocycles. The summed E-state index contributed by atoms with van der Waals surface area (Å²) in [4.78, 5) is 83.7. The zero-order chi connectivity index (χ0) is 34.3. The quantitative estimate of drug-likeness (QED) is 0.249. The maximum absolute atomic E-state index is 13.4. The minimum atomic E-state index is -0.632. The van der Waals surface area contributed by atoms with Gasteiger partial charge in [0, 0.05) is 0 Å². The number of amides is 3. The standard InChI is InChI=1S/C39H33N3O6/c1-19-7-10-31-25(13-19)34(43)37(46)40(31)16-28-22(4)29(17-41-32-11-8-20(2)14-26(32)35(44)38(41)47)24(6)30(23(28)5)18-42-33-12-9-21(3)15-27(33)36(45)39(42)48/h7-15H,16-18H2,1-6H3. The molecule has 0 fully saturated rings. The summed E-state index contributed by atoms with van der Waals surface area (Å²) in [5, 5.41) is 0. The van der Waals surface area contributed by atoms with E-state index in [1.165, 1.54) is 14.7 Å². The van der Waals surface area contributed by atoms with Gasteiger partial charge < -0.3 is 14.7 Å². The second kappa shape index (κ2) is 10.9. The fraction of sp³-hybridized carbons (Fsp3) is 0.231. The van der Waals surface area contributed by atoms with Crippen molar-refractivity contribution in [1.29, 1.82) is 0 Å². The average molecular weight is 640 g/mol. The van der Waals surface area contributed by atoms with Crippen LogP contribution < -0.4 is 14.7 Å². The summed E-state index contributed by atoms with van der Waals surface area (Å²) in [5.41, 5.74) is 9.88. The Labute approximate surface area is 277 Å². The summed E-state index contributed by atoms with van der Waals surface area (Å²) in [5.74, 6) is -3.61. The lowest BCUT2D eigenvalue weighted by Gasteiger charge is -2.29. The van der Waals surface area contributed by atoms with Gasteiger partial charge in [-0.3, -0.25) is 28.8 Å². The van der Waals surface area contributed by atoms with Crippen LogP contribution in [0.4, 0.5) is 17.1 Å². The first-order valence-corrected chi connectivity index (χ1v) is 15.8. The molecular formula is C39H33N3O6. The lowest BCUT2D eigenvalue weighted by molar-refractivity contribution is -0.115. The topological polar surface area (TPSA) is 112 Å². The summed E-state index contributed by atoms with van der Waals surface area (Å²) in [6.45, 7) is 11.5. The van der Waals surface area contributed by atoms with Gasteiger partial charge in [0.25, 0.3) is 35.1 Å². The Kier molecular flexibility index (Phi) is 7.05. The number of hydrogen-bond donors (Lipinski definition) is 0. The third-order valence-electron chi connectivity index (χ3n) is 10.0. The third kappa shape index (κ3) is 4.52. The van der Waals surface area contributed by atoms with Crippen molar-refractivity contribution >= 4 is 52.1 Å². The number of hydrogen-bond acceptors (Lipinski definition) is 6. The minimum absolute atomic E-state index is 0.0733. The molecule has 0 aromatic heterocycles. The molecule has 4 aromatic rings. The predicted molar refractivity (Wildman–Crippen MR) is 181 cm³/mol. The molecule has 4 aromatic carbocycles. The molecule has 3 aliphatic heterocycles. The van der Waals surface area contributed by atoms with E-state index in [4.69, 9.17) is 0 Å². The highest BCUT2D eigenvalue weighted by Crippen LogP contribution is 2.39. The molecule has 3 amide bonds. The van der Waals surface area contributed by atoms with Crippen molar-refractivity contribution in [2.75, 3.05) is 14.7 Å². The van der Waals surface area contributed by atoms with Gasteiger partial charge in [0.05, 0.1) is 53.4 Å². The number of nitrogens with zero attached hydrogens (tertiary/aromatic N) is 3. The summed E-state index contributed by atoms with van der Waals surface area (Å²) >= 11 is 0. The van der Waals surface area contributed by atoms with E-state index >= 15 is 0 Å². The normalized spacial score (nSPS) is 15.2. The van der Waals surface area contributed by atoms with Gasteiger partial charge in [-0.15, -0.1) is 0 Å². The summed E-state index contributed by atoms with van der Waals surface area (Å²) in [6, 6.07) is 16.0. The van der Waals surface area contributed by atoms with E-state index in [0.717, 1.165) is 50.1 Å². The molecule has 0 radical (unpaired) electrons. The Bertz CT molecular complexity index is 1950. The Hall–Kier alpha value is -5.70. The predicted octanol–water partition coefficient (Wildman–Crippen LogP) is 5.73. The molecular weight excluding hydrogens is 606 g/mol. The van der Waals surface area contributed by atoms with E-state index in [1.807, 2.05) is 59.7 Å². The highest BCUT2D eigenvalue weighted by Gasteiger charge is 2.40. The molecule has 0 saturated heterocycles. The number of benzene rings is 4. The van der Waals surface area contributed by atoms with Gasteiger partial charge in [0.2, 0.25) is 0 Å². The first-order valence-electron chi connectivity index (χ1n) is 15.8. The van der Waals surface area contributed by atoms with Gasteiger partial charge in [0.15, 0.2) is 0 Å².